The van der Waals surface area contributed by atoms with Crippen LogP contribution in [-0.4, -0.2) is 95.8 Å². The molecule has 0 amide bonds. The molecule has 0 saturated carbocycles. The number of methoxy groups -OCH3 is 2. The van der Waals surface area contributed by atoms with E-state index in [-0.39, 0.29) is 13.2 Å². The molecule has 0 aromatic heterocycles. The molecule has 22 heavy (non-hydrogen) atoms. The van der Waals surface area contributed by atoms with Crippen molar-refractivity contribution in [1.82, 2.24) is 0 Å². The second-order valence-electron chi connectivity index (χ2n) is 4.55. The first kappa shape index (κ1) is 21.7. The van der Waals surface area contributed by atoms with Crippen LogP contribution in [0.25, 0.3) is 0 Å². The molecule has 0 saturated heterocycles. The molecule has 0 fully saturated rings. The molecule has 0 aliphatic rings. The smallest absolute Gasteiger partial charge is 0.218 e. The molecule has 2 N–H and O–H groups in total. The van der Waals surface area contributed by atoms with E-state index in [0.717, 1.165) is 0 Å². The van der Waals surface area contributed by atoms with Gasteiger partial charge in [-0.25, -0.2) is 0 Å². The normalized spacial score (nSPS) is 13.5. The van der Waals surface area contributed by atoms with Crippen molar-refractivity contribution in [3.63, 3.8) is 0 Å². The highest BCUT2D eigenvalue weighted by molar-refractivity contribution is 4.75. The zero-order valence-corrected chi connectivity index (χ0v) is 13.8. The van der Waals surface area contributed by atoms with Crippen LogP contribution in [0.3, 0.4) is 0 Å². The van der Waals surface area contributed by atoms with Gasteiger partial charge >= 0.3 is 0 Å². The van der Waals surface area contributed by atoms with Crippen molar-refractivity contribution in [2.75, 3.05) is 73.7 Å². The second-order valence-corrected chi connectivity index (χ2v) is 4.55. The van der Waals surface area contributed by atoms with Crippen LogP contribution < -0.4 is 0 Å². The Bertz CT molecular complexity index is 221. The van der Waals surface area contributed by atoms with E-state index in [1.54, 1.807) is 14.2 Å². The van der Waals surface area contributed by atoms with Crippen molar-refractivity contribution in [2.24, 2.45) is 0 Å². The van der Waals surface area contributed by atoms with Crippen molar-refractivity contribution < 1.29 is 38.6 Å². The standard InChI is InChI=1S/C14H30O8/c1-13(16)14(12-15,21-10-8-19-6-4-17-2)22-11-9-20-7-5-18-3/h13,15-16H,4-12H2,1-3H3. The van der Waals surface area contributed by atoms with E-state index in [4.69, 9.17) is 28.4 Å². The molecule has 1 atom stereocenters. The fraction of sp³-hybridized carbons (Fsp3) is 1.00. The lowest BCUT2D eigenvalue weighted by Gasteiger charge is -2.34. The van der Waals surface area contributed by atoms with Gasteiger partial charge in [-0.1, -0.05) is 0 Å². The van der Waals surface area contributed by atoms with Gasteiger partial charge in [0.2, 0.25) is 5.79 Å². The Labute approximate surface area is 132 Å². The zero-order chi connectivity index (χ0) is 16.7. The van der Waals surface area contributed by atoms with Gasteiger partial charge in [-0.05, 0) is 6.92 Å². The summed E-state index contributed by atoms with van der Waals surface area (Å²) in [6.45, 7) is 3.91. The van der Waals surface area contributed by atoms with Gasteiger partial charge in [-0.2, -0.15) is 0 Å². The predicted octanol–water partition coefficient (Wildman–Crippen LogP) is -0.585. The number of aliphatic hydroxyl groups is 2. The molecule has 1 unspecified atom stereocenters. The molecule has 8 nitrogen and oxygen atoms in total. The van der Waals surface area contributed by atoms with E-state index in [1.807, 2.05) is 0 Å². The first-order chi connectivity index (χ1) is 10.6. The Hall–Kier alpha value is -0.320. The van der Waals surface area contributed by atoms with Gasteiger partial charge in [0.05, 0.1) is 59.5 Å². The lowest BCUT2D eigenvalue weighted by Crippen LogP contribution is -2.50. The van der Waals surface area contributed by atoms with E-state index in [2.05, 4.69) is 0 Å². The Balaban J connectivity index is 4.01. The van der Waals surface area contributed by atoms with Gasteiger partial charge in [-0.3, -0.25) is 0 Å². The fourth-order valence-electron chi connectivity index (χ4n) is 1.54. The molecule has 8 heteroatoms. The Kier molecular flexibility index (Phi) is 14.1. The van der Waals surface area contributed by atoms with Gasteiger partial charge in [0.1, 0.15) is 6.10 Å². The van der Waals surface area contributed by atoms with E-state index in [1.165, 1.54) is 6.92 Å². The molecule has 0 spiro atoms. The average Bonchev–Trinajstić information content (AvgIpc) is 2.51. The average molecular weight is 326 g/mol. The maximum absolute atomic E-state index is 9.81. The van der Waals surface area contributed by atoms with E-state index in [9.17, 15) is 10.2 Å². The highest BCUT2D eigenvalue weighted by Crippen LogP contribution is 2.18. The zero-order valence-electron chi connectivity index (χ0n) is 13.8. The third-order valence-corrected chi connectivity index (χ3v) is 2.87. The quantitative estimate of drug-likeness (QED) is 0.287. The van der Waals surface area contributed by atoms with Crippen LogP contribution >= 0.6 is 0 Å². The van der Waals surface area contributed by atoms with Crippen LogP contribution in [0.4, 0.5) is 0 Å². The van der Waals surface area contributed by atoms with Crippen molar-refractivity contribution >= 4 is 0 Å². The molecule has 0 aliphatic heterocycles. The van der Waals surface area contributed by atoms with Crippen LogP contribution in [0.5, 0.6) is 0 Å². The second kappa shape index (κ2) is 14.3. The molecular formula is C14H30O8. The third kappa shape index (κ3) is 9.65. The molecule has 0 aromatic carbocycles. The predicted molar refractivity (Wildman–Crippen MR) is 78.8 cm³/mol. The van der Waals surface area contributed by atoms with Crippen LogP contribution in [0.1, 0.15) is 6.92 Å². The summed E-state index contributed by atoms with van der Waals surface area (Å²) in [5, 5.41) is 19.3. The summed E-state index contributed by atoms with van der Waals surface area (Å²) in [5.41, 5.74) is 0. The van der Waals surface area contributed by atoms with E-state index in [0.29, 0.717) is 39.6 Å². The van der Waals surface area contributed by atoms with Gasteiger partial charge in [-0.15, -0.1) is 0 Å². The first-order valence-electron chi connectivity index (χ1n) is 7.33. The molecule has 134 valence electrons. The minimum absolute atomic E-state index is 0.180. The van der Waals surface area contributed by atoms with Crippen LogP contribution in [0.15, 0.2) is 0 Å². The van der Waals surface area contributed by atoms with Crippen molar-refractivity contribution in [1.29, 1.82) is 0 Å². The van der Waals surface area contributed by atoms with Crippen molar-refractivity contribution in [3.05, 3.63) is 0 Å². The van der Waals surface area contributed by atoms with Gasteiger partial charge in [0.25, 0.3) is 0 Å². The Morgan fingerprint density at radius 1 is 0.773 bits per heavy atom. The summed E-state index contributed by atoms with van der Waals surface area (Å²) < 4.78 is 31.2. The molecule has 0 radical (unpaired) electrons. The lowest BCUT2D eigenvalue weighted by molar-refractivity contribution is -0.299. The summed E-state index contributed by atoms with van der Waals surface area (Å²) in [4.78, 5) is 0. The highest BCUT2D eigenvalue weighted by Gasteiger charge is 2.37. The van der Waals surface area contributed by atoms with Crippen LogP contribution in [-0.2, 0) is 28.4 Å². The van der Waals surface area contributed by atoms with Crippen molar-refractivity contribution in [3.8, 4) is 0 Å². The van der Waals surface area contributed by atoms with Gasteiger partial charge < -0.3 is 38.6 Å². The van der Waals surface area contributed by atoms with Gasteiger partial charge in [0.15, 0.2) is 0 Å². The minimum Gasteiger partial charge on any atom is -0.391 e. The number of aliphatic hydroxyl groups excluding tert-OH is 2. The molecule has 0 aromatic rings. The molecule has 0 aliphatic carbocycles. The molecule has 0 heterocycles. The van der Waals surface area contributed by atoms with Crippen molar-refractivity contribution in [2.45, 2.75) is 18.8 Å². The number of hydrogen-bond donors (Lipinski definition) is 2. The Morgan fingerprint density at radius 2 is 1.18 bits per heavy atom. The fourth-order valence-corrected chi connectivity index (χ4v) is 1.54. The molecule has 0 rings (SSSR count). The summed E-state index contributed by atoms with van der Waals surface area (Å²) in [5.74, 6) is -1.48. The monoisotopic (exact) mass is 326 g/mol. The summed E-state index contributed by atoms with van der Waals surface area (Å²) in [6.07, 6.45) is -1.00. The highest BCUT2D eigenvalue weighted by atomic mass is 16.7. The topological polar surface area (TPSA) is 95.8 Å². The SMILES string of the molecule is COCCOCCOC(CO)(OCCOCCOC)C(C)O. The Morgan fingerprint density at radius 3 is 1.50 bits per heavy atom. The maximum Gasteiger partial charge on any atom is 0.218 e. The summed E-state index contributed by atoms with van der Waals surface area (Å²) >= 11 is 0. The molecule has 0 bridgehead atoms. The lowest BCUT2D eigenvalue weighted by atomic mass is 10.2. The van der Waals surface area contributed by atoms with Crippen LogP contribution in [0, 0.1) is 0 Å². The largest absolute Gasteiger partial charge is 0.391 e. The maximum atomic E-state index is 9.81. The van der Waals surface area contributed by atoms with E-state index < -0.39 is 18.5 Å². The number of hydrogen-bond acceptors (Lipinski definition) is 8. The van der Waals surface area contributed by atoms with Crippen LogP contribution in [0.2, 0.25) is 0 Å². The van der Waals surface area contributed by atoms with E-state index >= 15 is 0 Å². The summed E-state index contributed by atoms with van der Waals surface area (Å²) in [6, 6.07) is 0. The third-order valence-electron chi connectivity index (χ3n) is 2.87. The number of ether oxygens (including phenoxy) is 6. The summed E-state index contributed by atoms with van der Waals surface area (Å²) in [7, 11) is 3.18. The minimum atomic E-state index is -1.48. The van der Waals surface area contributed by atoms with Gasteiger partial charge in [0, 0.05) is 14.2 Å². The molecular weight excluding hydrogens is 296 g/mol. The number of rotatable bonds is 16. The first-order valence-corrected chi connectivity index (χ1v) is 7.33.